The first-order chi connectivity index (χ1) is 19.7. The summed E-state index contributed by atoms with van der Waals surface area (Å²) in [4.78, 5) is 18.3. The number of aliphatic hydroxyl groups excluding tert-OH is 1. The van der Waals surface area contributed by atoms with Crippen LogP contribution in [0.5, 0.6) is 5.75 Å². The maximum atomic E-state index is 13.3. The van der Waals surface area contributed by atoms with Gasteiger partial charge in [-0.15, -0.1) is 11.8 Å². The first-order valence-corrected chi connectivity index (χ1v) is 15.0. The highest BCUT2D eigenvalue weighted by Crippen LogP contribution is 2.38. The molecule has 1 saturated heterocycles. The number of aromatic nitrogens is 1. The number of carboxylic acids is 1. The fraction of sp³-hybridized carbons (Fsp3) is 0.484. The van der Waals surface area contributed by atoms with Crippen LogP contribution in [0.2, 0.25) is 0 Å². The topological polar surface area (TPSA) is 82.9 Å². The van der Waals surface area contributed by atoms with Crippen molar-refractivity contribution < 1.29 is 32.9 Å². The molecule has 10 heteroatoms. The van der Waals surface area contributed by atoms with Crippen LogP contribution in [-0.4, -0.2) is 58.6 Å². The highest BCUT2D eigenvalue weighted by molar-refractivity contribution is 7.99. The quantitative estimate of drug-likeness (QED) is 0.163. The van der Waals surface area contributed by atoms with Gasteiger partial charge in [0.25, 0.3) is 0 Å². The molecule has 4 rings (SSSR count). The van der Waals surface area contributed by atoms with Gasteiger partial charge in [-0.2, -0.15) is 13.2 Å². The lowest BCUT2D eigenvalue weighted by Gasteiger charge is -2.39. The number of rotatable bonds is 13. The Morgan fingerprint density at radius 3 is 2.73 bits per heavy atom. The molecule has 3 aromatic rings. The number of hydrogen-bond donors (Lipinski definition) is 2. The summed E-state index contributed by atoms with van der Waals surface area (Å²) in [7, 11) is 1.60. The third kappa shape index (κ3) is 8.59. The van der Waals surface area contributed by atoms with Gasteiger partial charge in [-0.25, -0.2) is 0 Å². The Morgan fingerprint density at radius 1 is 1.17 bits per heavy atom. The molecule has 41 heavy (non-hydrogen) atoms. The number of alkyl halides is 3. The molecule has 3 atom stereocenters. The number of carbonyl (C=O) groups is 1. The summed E-state index contributed by atoms with van der Waals surface area (Å²) in [6.45, 7) is 2.36. The highest BCUT2D eigenvalue weighted by atomic mass is 32.2. The monoisotopic (exact) mass is 590 g/mol. The maximum absolute atomic E-state index is 13.3. The molecule has 0 saturated carbocycles. The molecule has 0 radical (unpaired) electrons. The van der Waals surface area contributed by atoms with Crippen molar-refractivity contribution in [2.24, 2.45) is 11.8 Å². The normalized spacial score (nSPS) is 18.9. The SMILES string of the molecule is COc1ccc2nccc([C@@H](O)CCC3CCN(CCCSc4ccccc4C(F)(F)F)CC3CCC(=O)O)c2c1. The zero-order valence-electron chi connectivity index (χ0n) is 23.1. The summed E-state index contributed by atoms with van der Waals surface area (Å²) < 4.78 is 45.2. The van der Waals surface area contributed by atoms with E-state index in [0.717, 1.165) is 61.4 Å². The van der Waals surface area contributed by atoms with Gasteiger partial charge in [0.2, 0.25) is 0 Å². The Balaban J connectivity index is 1.32. The van der Waals surface area contributed by atoms with Crippen molar-refractivity contribution in [1.29, 1.82) is 0 Å². The summed E-state index contributed by atoms with van der Waals surface area (Å²) in [5, 5.41) is 21.3. The van der Waals surface area contributed by atoms with Crippen LogP contribution in [0.25, 0.3) is 10.9 Å². The number of hydrogen-bond acceptors (Lipinski definition) is 6. The number of piperidine rings is 1. The van der Waals surface area contributed by atoms with E-state index < -0.39 is 23.8 Å². The largest absolute Gasteiger partial charge is 0.497 e. The number of thioether (sulfide) groups is 1. The lowest BCUT2D eigenvalue weighted by molar-refractivity contribution is -0.140. The van der Waals surface area contributed by atoms with Crippen molar-refractivity contribution >= 4 is 28.6 Å². The van der Waals surface area contributed by atoms with Gasteiger partial charge in [0, 0.05) is 29.4 Å². The lowest BCUT2D eigenvalue weighted by Crippen LogP contribution is -2.41. The number of nitrogens with zero attached hydrogens (tertiary/aromatic N) is 2. The number of fused-ring (bicyclic) bond motifs is 1. The summed E-state index contributed by atoms with van der Waals surface area (Å²) in [5.41, 5.74) is 0.994. The number of likely N-dealkylation sites (tertiary alicyclic amines) is 1. The molecule has 1 aliphatic heterocycles. The summed E-state index contributed by atoms with van der Waals surface area (Å²) >= 11 is 1.23. The smallest absolute Gasteiger partial charge is 0.417 e. The van der Waals surface area contributed by atoms with Crippen molar-refractivity contribution in [2.45, 2.75) is 55.7 Å². The third-order valence-electron chi connectivity index (χ3n) is 7.93. The molecule has 2 aromatic carbocycles. The average Bonchev–Trinajstić information content (AvgIpc) is 2.96. The molecule has 1 fully saturated rings. The van der Waals surface area contributed by atoms with Crippen LogP contribution >= 0.6 is 11.8 Å². The van der Waals surface area contributed by atoms with Crippen LogP contribution in [0.1, 0.15) is 55.8 Å². The molecule has 6 nitrogen and oxygen atoms in total. The zero-order valence-corrected chi connectivity index (χ0v) is 24.0. The number of pyridine rings is 1. The highest BCUT2D eigenvalue weighted by Gasteiger charge is 2.33. The van der Waals surface area contributed by atoms with Gasteiger partial charge in [0.05, 0.1) is 24.3 Å². The Kier molecular flexibility index (Phi) is 10.9. The van der Waals surface area contributed by atoms with Crippen molar-refractivity contribution in [2.75, 3.05) is 32.5 Å². The van der Waals surface area contributed by atoms with Gasteiger partial charge >= 0.3 is 12.1 Å². The fourth-order valence-corrected chi connectivity index (χ4v) is 6.77. The fourth-order valence-electron chi connectivity index (χ4n) is 5.76. The first kappa shape index (κ1) is 31.1. The lowest BCUT2D eigenvalue weighted by atomic mass is 9.79. The van der Waals surface area contributed by atoms with Gasteiger partial charge < -0.3 is 19.8 Å². The van der Waals surface area contributed by atoms with Crippen molar-refractivity contribution in [3.63, 3.8) is 0 Å². The maximum Gasteiger partial charge on any atom is 0.417 e. The van der Waals surface area contributed by atoms with Gasteiger partial charge in [-0.3, -0.25) is 9.78 Å². The van der Waals surface area contributed by atoms with E-state index in [0.29, 0.717) is 24.3 Å². The molecular formula is C31H37F3N2O4S. The Labute approximate surface area is 242 Å². The van der Waals surface area contributed by atoms with Crippen molar-refractivity contribution in [3.05, 3.63) is 65.9 Å². The molecule has 0 amide bonds. The second kappa shape index (κ2) is 14.4. The molecule has 222 valence electrons. The number of aliphatic carboxylic acids is 1. The van der Waals surface area contributed by atoms with Gasteiger partial charge in [0.15, 0.2) is 0 Å². The Bertz CT molecular complexity index is 1310. The minimum absolute atomic E-state index is 0.0937. The summed E-state index contributed by atoms with van der Waals surface area (Å²) in [6, 6.07) is 13.1. The van der Waals surface area contributed by atoms with E-state index in [-0.39, 0.29) is 23.2 Å². The zero-order chi connectivity index (χ0) is 29.4. The first-order valence-electron chi connectivity index (χ1n) is 14.0. The molecule has 2 heterocycles. The second-order valence-corrected chi connectivity index (χ2v) is 11.8. The van der Waals surface area contributed by atoms with Crippen LogP contribution in [0.4, 0.5) is 13.2 Å². The van der Waals surface area contributed by atoms with Crippen LogP contribution in [0.3, 0.4) is 0 Å². The molecule has 1 aliphatic rings. The second-order valence-electron chi connectivity index (χ2n) is 10.6. The van der Waals surface area contributed by atoms with Crippen molar-refractivity contribution in [1.82, 2.24) is 9.88 Å². The third-order valence-corrected chi connectivity index (χ3v) is 9.09. The molecule has 2 N–H and O–H groups in total. The van der Waals surface area contributed by atoms with E-state index in [9.17, 15) is 28.2 Å². The summed E-state index contributed by atoms with van der Waals surface area (Å²) in [5.74, 6) is 0.917. The predicted molar refractivity (Wildman–Crippen MR) is 154 cm³/mol. The van der Waals surface area contributed by atoms with Crippen LogP contribution < -0.4 is 4.74 Å². The van der Waals surface area contributed by atoms with Gasteiger partial charge in [-0.05, 0) is 105 Å². The number of aliphatic hydroxyl groups is 1. The standard InChI is InChI=1S/C31H37F3N2O4S/c1-40-23-9-10-27-25(19-23)24(13-15-35-27)28(37)11-7-21-14-17-36(20-22(21)8-12-30(38)39)16-4-18-41-29-6-3-2-5-26(29)31(32,33)34/h2-3,5-6,9-10,13,15,19,21-22,28,37H,4,7-8,11-12,14,16-18,20H2,1H3,(H,38,39)/t21?,22?,28-/m0/s1. The minimum Gasteiger partial charge on any atom is -0.497 e. The van der Waals surface area contributed by atoms with Gasteiger partial charge in [0.1, 0.15) is 5.75 Å². The molecular weight excluding hydrogens is 553 g/mol. The van der Waals surface area contributed by atoms with E-state index in [1.165, 1.54) is 23.9 Å². The molecule has 1 aromatic heterocycles. The predicted octanol–water partition coefficient (Wildman–Crippen LogP) is 7.06. The minimum atomic E-state index is -4.37. The number of benzene rings is 2. The van der Waals surface area contributed by atoms with E-state index in [4.69, 9.17) is 4.74 Å². The van der Waals surface area contributed by atoms with Crippen LogP contribution in [-0.2, 0) is 11.0 Å². The van der Waals surface area contributed by atoms with E-state index >= 15 is 0 Å². The Hall–Kier alpha value is -2.82. The number of methoxy groups -OCH3 is 1. The number of halogens is 3. The van der Waals surface area contributed by atoms with E-state index in [2.05, 4.69) is 9.88 Å². The van der Waals surface area contributed by atoms with E-state index in [1.807, 2.05) is 24.3 Å². The Morgan fingerprint density at radius 2 is 1.98 bits per heavy atom. The molecule has 0 spiro atoms. The molecule has 2 unspecified atom stereocenters. The van der Waals surface area contributed by atoms with Crippen LogP contribution in [0.15, 0.2) is 59.6 Å². The summed E-state index contributed by atoms with van der Waals surface area (Å²) in [6.07, 6.45) is 0.275. The van der Waals surface area contributed by atoms with Crippen molar-refractivity contribution in [3.8, 4) is 5.75 Å². The number of ether oxygens (including phenoxy) is 1. The van der Waals surface area contributed by atoms with E-state index in [1.54, 1.807) is 19.4 Å². The average molecular weight is 591 g/mol. The van der Waals surface area contributed by atoms with Crippen LogP contribution in [0, 0.1) is 11.8 Å². The van der Waals surface area contributed by atoms with Gasteiger partial charge in [-0.1, -0.05) is 12.1 Å². The number of carboxylic acid groups (broad SMARTS) is 1. The molecule has 0 bridgehead atoms. The molecule has 0 aliphatic carbocycles.